The summed E-state index contributed by atoms with van der Waals surface area (Å²) in [6, 6.07) is 11.8. The Labute approximate surface area is 152 Å². The number of anilines is 1. The van der Waals surface area contributed by atoms with Gasteiger partial charge in [-0.05, 0) is 37.1 Å². The van der Waals surface area contributed by atoms with Crippen molar-refractivity contribution in [3.05, 3.63) is 48.8 Å². The van der Waals surface area contributed by atoms with Gasteiger partial charge in [0.05, 0.1) is 5.52 Å². The van der Waals surface area contributed by atoms with Crippen LogP contribution in [0.2, 0.25) is 0 Å². The lowest BCUT2D eigenvalue weighted by Gasteiger charge is -2.16. The third kappa shape index (κ3) is 3.49. The number of aromatic nitrogens is 3. The predicted octanol–water partition coefficient (Wildman–Crippen LogP) is 3.12. The molecule has 2 aromatic heterocycles. The number of hydrogen-bond donors (Lipinski definition) is 1. The minimum absolute atomic E-state index is 0.274. The maximum atomic E-state index is 11.7. The van der Waals surface area contributed by atoms with Crippen LogP contribution in [0.5, 0.6) is 0 Å². The Kier molecular flexibility index (Phi) is 4.73. The predicted molar refractivity (Wildman–Crippen MR) is 102 cm³/mol. The van der Waals surface area contributed by atoms with Crippen molar-refractivity contribution in [3.63, 3.8) is 0 Å². The third-order valence-electron chi connectivity index (χ3n) is 4.59. The van der Waals surface area contributed by atoms with E-state index in [0.29, 0.717) is 12.2 Å². The van der Waals surface area contributed by atoms with Crippen molar-refractivity contribution >= 4 is 22.6 Å². The van der Waals surface area contributed by atoms with Gasteiger partial charge < -0.3 is 10.2 Å². The molecule has 26 heavy (non-hydrogen) atoms. The van der Waals surface area contributed by atoms with E-state index in [-0.39, 0.29) is 5.91 Å². The molecule has 0 bridgehead atoms. The average Bonchev–Trinajstić information content (AvgIpc) is 3.10. The molecule has 3 heterocycles. The molecule has 1 amide bonds. The van der Waals surface area contributed by atoms with Crippen molar-refractivity contribution in [1.29, 1.82) is 0 Å². The fourth-order valence-electron chi connectivity index (χ4n) is 3.25. The van der Waals surface area contributed by atoms with Gasteiger partial charge in [0.25, 0.3) is 0 Å². The molecule has 6 heteroatoms. The molecule has 6 nitrogen and oxygen atoms in total. The molecule has 4 rings (SSSR count). The highest BCUT2D eigenvalue weighted by atomic mass is 16.2. The summed E-state index contributed by atoms with van der Waals surface area (Å²) in [5.74, 6) is 1.76. The van der Waals surface area contributed by atoms with Gasteiger partial charge in [0, 0.05) is 49.4 Å². The van der Waals surface area contributed by atoms with E-state index in [1.54, 1.807) is 12.4 Å². The summed E-state index contributed by atoms with van der Waals surface area (Å²) in [6.07, 6.45) is 6.08. The van der Waals surface area contributed by atoms with E-state index in [1.807, 2.05) is 41.3 Å². The Morgan fingerprint density at radius 3 is 2.85 bits per heavy atom. The van der Waals surface area contributed by atoms with Gasteiger partial charge in [-0.25, -0.2) is 9.97 Å². The van der Waals surface area contributed by atoms with E-state index >= 15 is 0 Å². The Morgan fingerprint density at radius 2 is 2.04 bits per heavy atom. The van der Waals surface area contributed by atoms with Crippen molar-refractivity contribution in [1.82, 2.24) is 19.9 Å². The van der Waals surface area contributed by atoms with E-state index in [1.165, 1.54) is 0 Å². The van der Waals surface area contributed by atoms with E-state index < -0.39 is 0 Å². The Hall–Kier alpha value is -3.02. The van der Waals surface area contributed by atoms with Gasteiger partial charge in [-0.2, -0.15) is 0 Å². The van der Waals surface area contributed by atoms with Crippen LogP contribution in [-0.2, 0) is 4.79 Å². The molecule has 1 fully saturated rings. The van der Waals surface area contributed by atoms with Crippen LogP contribution in [0.4, 0.5) is 5.82 Å². The van der Waals surface area contributed by atoms with Crippen molar-refractivity contribution in [2.24, 2.45) is 0 Å². The number of carbonyl (C=O) groups excluding carboxylic acids is 1. The van der Waals surface area contributed by atoms with Crippen LogP contribution in [0.3, 0.4) is 0 Å². The molecule has 0 saturated carbocycles. The smallest absolute Gasteiger partial charge is 0.222 e. The number of carbonyl (C=O) groups is 1. The maximum Gasteiger partial charge on any atom is 0.222 e. The number of benzene rings is 1. The summed E-state index contributed by atoms with van der Waals surface area (Å²) >= 11 is 0. The standard InChI is InChI=1S/C20H21N5O/c26-18-9-4-12-25(18)13-5-11-22-20-16-7-1-2-8-17(16)23-19(24-20)15-6-3-10-21-14-15/h1-3,6-8,10,14H,4-5,9,11-13H2,(H,22,23,24). The minimum Gasteiger partial charge on any atom is -0.369 e. The van der Waals surface area contributed by atoms with Gasteiger partial charge in [-0.1, -0.05) is 12.1 Å². The van der Waals surface area contributed by atoms with Crippen LogP contribution >= 0.6 is 0 Å². The molecular weight excluding hydrogens is 326 g/mol. The number of fused-ring (bicyclic) bond motifs is 1. The quantitative estimate of drug-likeness (QED) is 0.694. The van der Waals surface area contributed by atoms with Gasteiger partial charge >= 0.3 is 0 Å². The minimum atomic E-state index is 0.274. The number of rotatable bonds is 6. The van der Waals surface area contributed by atoms with Crippen LogP contribution in [0.15, 0.2) is 48.8 Å². The first-order valence-corrected chi connectivity index (χ1v) is 9.00. The molecule has 0 radical (unpaired) electrons. The number of para-hydroxylation sites is 1. The maximum absolute atomic E-state index is 11.7. The second-order valence-corrected chi connectivity index (χ2v) is 6.42. The molecule has 0 unspecified atom stereocenters. The molecule has 132 valence electrons. The van der Waals surface area contributed by atoms with E-state index in [4.69, 9.17) is 4.98 Å². The number of likely N-dealkylation sites (tertiary alicyclic amines) is 1. The molecule has 1 saturated heterocycles. The highest BCUT2D eigenvalue weighted by molar-refractivity contribution is 5.90. The molecule has 3 aromatic rings. The molecule has 1 N–H and O–H groups in total. The summed E-state index contributed by atoms with van der Waals surface area (Å²) < 4.78 is 0. The van der Waals surface area contributed by atoms with Crippen molar-refractivity contribution in [2.45, 2.75) is 19.3 Å². The van der Waals surface area contributed by atoms with Crippen molar-refractivity contribution < 1.29 is 4.79 Å². The molecule has 1 aliphatic heterocycles. The van der Waals surface area contributed by atoms with Crippen molar-refractivity contribution in [2.75, 3.05) is 25.0 Å². The topological polar surface area (TPSA) is 71.0 Å². The van der Waals surface area contributed by atoms with E-state index in [2.05, 4.69) is 15.3 Å². The Balaban J connectivity index is 1.52. The lowest BCUT2D eigenvalue weighted by atomic mass is 10.2. The molecule has 1 aliphatic rings. The largest absolute Gasteiger partial charge is 0.369 e. The van der Waals surface area contributed by atoms with Crippen LogP contribution < -0.4 is 5.32 Å². The zero-order valence-electron chi connectivity index (χ0n) is 14.6. The lowest BCUT2D eigenvalue weighted by molar-refractivity contribution is -0.127. The highest BCUT2D eigenvalue weighted by Gasteiger charge is 2.19. The van der Waals surface area contributed by atoms with Crippen LogP contribution in [0.1, 0.15) is 19.3 Å². The Bertz CT molecular complexity index is 912. The first-order chi connectivity index (χ1) is 12.8. The Morgan fingerprint density at radius 1 is 1.12 bits per heavy atom. The zero-order valence-corrected chi connectivity index (χ0v) is 14.6. The first-order valence-electron chi connectivity index (χ1n) is 9.00. The number of amides is 1. The fraction of sp³-hybridized carbons (Fsp3) is 0.300. The van der Waals surface area contributed by atoms with Crippen molar-refractivity contribution in [3.8, 4) is 11.4 Å². The average molecular weight is 347 g/mol. The van der Waals surface area contributed by atoms with Gasteiger partial charge in [-0.15, -0.1) is 0 Å². The van der Waals surface area contributed by atoms with Gasteiger partial charge in [0.2, 0.25) is 5.91 Å². The molecular formula is C20H21N5O. The summed E-state index contributed by atoms with van der Waals surface area (Å²) in [7, 11) is 0. The summed E-state index contributed by atoms with van der Waals surface area (Å²) in [4.78, 5) is 27.2. The normalized spacial score (nSPS) is 14.2. The zero-order chi connectivity index (χ0) is 17.8. The molecule has 0 spiro atoms. The number of nitrogens with zero attached hydrogens (tertiary/aromatic N) is 4. The second-order valence-electron chi connectivity index (χ2n) is 6.42. The number of hydrogen-bond acceptors (Lipinski definition) is 5. The molecule has 1 aromatic carbocycles. The van der Waals surface area contributed by atoms with Gasteiger partial charge in [0.15, 0.2) is 5.82 Å². The number of pyridine rings is 1. The summed E-state index contributed by atoms with van der Waals surface area (Å²) in [5, 5.41) is 4.42. The first kappa shape index (κ1) is 16.4. The van der Waals surface area contributed by atoms with Gasteiger partial charge in [-0.3, -0.25) is 9.78 Å². The third-order valence-corrected chi connectivity index (χ3v) is 4.59. The lowest BCUT2D eigenvalue weighted by Crippen LogP contribution is -2.27. The van der Waals surface area contributed by atoms with Crippen LogP contribution in [0.25, 0.3) is 22.3 Å². The fourth-order valence-corrected chi connectivity index (χ4v) is 3.25. The van der Waals surface area contributed by atoms with Gasteiger partial charge in [0.1, 0.15) is 5.82 Å². The van der Waals surface area contributed by atoms with E-state index in [0.717, 1.165) is 54.8 Å². The van der Waals surface area contributed by atoms with E-state index in [9.17, 15) is 4.79 Å². The summed E-state index contributed by atoms with van der Waals surface area (Å²) in [5.41, 5.74) is 1.79. The number of nitrogens with one attached hydrogen (secondary N) is 1. The highest BCUT2D eigenvalue weighted by Crippen LogP contribution is 2.24. The summed E-state index contributed by atoms with van der Waals surface area (Å²) in [6.45, 7) is 2.45. The van der Waals surface area contributed by atoms with Crippen LogP contribution in [-0.4, -0.2) is 45.4 Å². The molecule has 0 aliphatic carbocycles. The second kappa shape index (κ2) is 7.47. The van der Waals surface area contributed by atoms with Crippen LogP contribution in [0, 0.1) is 0 Å². The molecule has 0 atom stereocenters. The SMILES string of the molecule is O=C1CCCN1CCCNc1nc(-c2cccnc2)nc2ccccc12. The monoisotopic (exact) mass is 347 g/mol.